The molecule has 5 N–H and O–H groups in total. The number of nitrogen functional groups attached to an aromatic ring is 1. The number of rotatable bonds is 7. The molecule has 0 radical (unpaired) electrons. The van der Waals surface area contributed by atoms with Crippen LogP contribution in [0, 0.1) is 12.7 Å². The number of hydrogen-bond acceptors (Lipinski definition) is 6. The van der Waals surface area contributed by atoms with Crippen molar-refractivity contribution >= 4 is 28.3 Å². The van der Waals surface area contributed by atoms with E-state index in [0.717, 1.165) is 52.6 Å². The Morgan fingerprint density at radius 1 is 1.25 bits per heavy atom. The molecule has 0 aromatic heterocycles. The molecule has 0 saturated carbocycles. The Kier molecular flexibility index (Phi) is 7.85. The Hall–Kier alpha value is -3.47. The number of aryl methyl sites for hydroxylation is 2. The second kappa shape index (κ2) is 11.2. The first-order valence-electron chi connectivity index (χ1n) is 13.4. The number of ether oxygens (including phenoxy) is 1. The lowest BCUT2D eigenvalue weighted by atomic mass is 9.83. The lowest BCUT2D eigenvalue weighted by Gasteiger charge is -2.29. The van der Waals surface area contributed by atoms with E-state index in [1.807, 2.05) is 23.4 Å². The average Bonchev–Trinajstić information content (AvgIpc) is 3.28. The van der Waals surface area contributed by atoms with Crippen molar-refractivity contribution in [2.75, 3.05) is 31.4 Å². The zero-order chi connectivity index (χ0) is 28.7. The lowest BCUT2D eigenvalue weighted by Crippen LogP contribution is -2.30. The molecule has 212 valence electrons. The van der Waals surface area contributed by atoms with Crippen LogP contribution in [0.25, 0.3) is 0 Å². The van der Waals surface area contributed by atoms with Gasteiger partial charge in [-0.15, -0.1) is 0 Å². The molecule has 0 saturated heterocycles. The van der Waals surface area contributed by atoms with Crippen molar-refractivity contribution in [1.82, 2.24) is 4.31 Å². The number of carboxylic acid groups (broad SMARTS) is 1. The van der Waals surface area contributed by atoms with E-state index in [2.05, 4.69) is 0 Å². The summed E-state index contributed by atoms with van der Waals surface area (Å²) in [5.74, 6) is 4.63. The van der Waals surface area contributed by atoms with E-state index in [9.17, 15) is 18.5 Å². The van der Waals surface area contributed by atoms with Crippen molar-refractivity contribution in [2.45, 2.75) is 55.9 Å². The second-order valence-electron chi connectivity index (χ2n) is 10.6. The molecule has 1 aliphatic heterocycles. The van der Waals surface area contributed by atoms with Gasteiger partial charge in [0, 0.05) is 25.6 Å². The first-order valence-corrected chi connectivity index (χ1v) is 14.5. The van der Waals surface area contributed by atoms with Crippen LogP contribution < -0.4 is 21.3 Å². The number of carbonyl (C=O) groups is 1. The molecule has 8 nitrogen and oxygen atoms in total. The lowest BCUT2D eigenvalue weighted by molar-refractivity contribution is -0.137. The van der Waals surface area contributed by atoms with Crippen LogP contribution in [0.2, 0.25) is 0 Å². The summed E-state index contributed by atoms with van der Waals surface area (Å²) in [7, 11) is 1.67. The summed E-state index contributed by atoms with van der Waals surface area (Å²) in [6.07, 6.45) is 2.88. The third-order valence-corrected chi connectivity index (χ3v) is 9.69. The van der Waals surface area contributed by atoms with Gasteiger partial charge >= 0.3 is 5.97 Å². The minimum atomic E-state index is -1.51. The average molecular weight is 567 g/mol. The van der Waals surface area contributed by atoms with E-state index in [0.29, 0.717) is 35.0 Å². The maximum Gasteiger partial charge on any atom is 0.304 e. The summed E-state index contributed by atoms with van der Waals surface area (Å²) >= 11 is 0. The number of fused-ring (bicyclic) bond motifs is 2. The van der Waals surface area contributed by atoms with Gasteiger partial charge in [0.1, 0.15) is 28.2 Å². The van der Waals surface area contributed by atoms with E-state index in [-0.39, 0.29) is 12.5 Å². The highest BCUT2D eigenvalue weighted by atomic mass is 32.2. The van der Waals surface area contributed by atoms with Crippen molar-refractivity contribution < 1.29 is 23.2 Å². The molecule has 0 fully saturated rings. The Morgan fingerprint density at radius 3 is 2.73 bits per heavy atom. The number of anilines is 2. The van der Waals surface area contributed by atoms with Gasteiger partial charge in [0.2, 0.25) is 0 Å². The predicted octanol–water partition coefficient (Wildman–Crippen LogP) is 4.60. The van der Waals surface area contributed by atoms with Crippen LogP contribution >= 0.6 is 0 Å². The van der Waals surface area contributed by atoms with Crippen LogP contribution in [0.5, 0.6) is 5.75 Å². The number of hydrogen-bond donors (Lipinski definition) is 3. The van der Waals surface area contributed by atoms with Gasteiger partial charge in [-0.1, -0.05) is 18.2 Å². The monoisotopic (exact) mass is 566 g/mol. The fraction of sp³-hybridized carbons (Fsp3) is 0.367. The highest BCUT2D eigenvalue weighted by Crippen LogP contribution is 2.46. The summed E-state index contributed by atoms with van der Waals surface area (Å²) in [6, 6.07) is 12.0. The molecule has 1 aliphatic carbocycles. The summed E-state index contributed by atoms with van der Waals surface area (Å²) in [5.41, 5.74) is 13.1. The van der Waals surface area contributed by atoms with Crippen LogP contribution in [0.15, 0.2) is 47.4 Å². The number of carboxylic acids is 1. The van der Waals surface area contributed by atoms with Crippen molar-refractivity contribution in [3.63, 3.8) is 0 Å². The molecule has 1 heterocycles. The van der Waals surface area contributed by atoms with Gasteiger partial charge in [-0.2, -0.15) is 0 Å². The SMILES string of the molecule is COc1cc(C(CC(=O)O)c2ccc(C)c3c2CC[C@H]3N2CCCc3ccc(F)cc3S2=O)cc(N)c1N(C)N. The first kappa shape index (κ1) is 28.1. The molecule has 2 unspecified atom stereocenters. The fourth-order valence-electron chi connectivity index (χ4n) is 6.35. The van der Waals surface area contributed by atoms with Gasteiger partial charge in [-0.05, 0) is 90.3 Å². The number of halogens is 1. The van der Waals surface area contributed by atoms with Crippen molar-refractivity contribution in [2.24, 2.45) is 5.84 Å². The van der Waals surface area contributed by atoms with Crippen LogP contribution in [-0.4, -0.2) is 40.3 Å². The summed E-state index contributed by atoms with van der Waals surface area (Å²) in [5, 5.41) is 11.3. The van der Waals surface area contributed by atoms with Gasteiger partial charge < -0.3 is 20.6 Å². The Labute approximate surface area is 236 Å². The molecule has 5 rings (SSSR count). The number of nitrogens with two attached hydrogens (primary N) is 2. The highest BCUT2D eigenvalue weighted by molar-refractivity contribution is 7.82. The van der Waals surface area contributed by atoms with E-state index >= 15 is 0 Å². The molecule has 3 aromatic carbocycles. The minimum absolute atomic E-state index is 0.122. The Balaban J connectivity index is 1.60. The van der Waals surface area contributed by atoms with Crippen LogP contribution in [0.4, 0.5) is 15.8 Å². The van der Waals surface area contributed by atoms with Crippen molar-refractivity contribution in [3.05, 3.63) is 81.7 Å². The molecule has 10 heteroatoms. The highest BCUT2D eigenvalue weighted by Gasteiger charge is 2.37. The molecular weight excluding hydrogens is 531 g/mol. The standard InChI is InChI=1S/C30H35FN4O4S/c1-17-6-9-21(23(16-28(36)37)19-13-24(32)30(34(2)33)26(14-19)39-3)22-10-11-25(29(17)22)35-12-4-5-18-7-8-20(31)15-27(18)40(35)38/h6-9,13-15,23,25H,4-5,10-12,16,32-33H2,1-3H3,(H,36,37)/t23?,25-,40?/m1/s1. The zero-order valence-corrected chi connectivity index (χ0v) is 23.8. The normalized spacial score (nSPS) is 19.4. The fourth-order valence-corrected chi connectivity index (χ4v) is 7.95. The molecule has 0 amide bonds. The van der Waals surface area contributed by atoms with Gasteiger partial charge in [0.25, 0.3) is 0 Å². The van der Waals surface area contributed by atoms with Gasteiger partial charge in [-0.25, -0.2) is 18.7 Å². The molecule has 0 spiro atoms. The Bertz CT molecular complexity index is 1500. The summed E-state index contributed by atoms with van der Waals surface area (Å²) in [6.45, 7) is 2.66. The van der Waals surface area contributed by atoms with E-state index < -0.39 is 28.7 Å². The number of hydrazine groups is 1. The first-order chi connectivity index (χ1) is 19.1. The molecule has 0 bridgehead atoms. The second-order valence-corrected chi connectivity index (χ2v) is 12.0. The van der Waals surface area contributed by atoms with E-state index in [4.69, 9.17) is 16.3 Å². The Morgan fingerprint density at radius 2 is 2.02 bits per heavy atom. The molecule has 2 aliphatic rings. The third kappa shape index (κ3) is 5.07. The van der Waals surface area contributed by atoms with Crippen molar-refractivity contribution in [3.8, 4) is 5.75 Å². The predicted molar refractivity (Wildman–Crippen MR) is 154 cm³/mol. The van der Waals surface area contributed by atoms with E-state index in [1.54, 1.807) is 25.2 Å². The van der Waals surface area contributed by atoms with E-state index in [1.165, 1.54) is 24.3 Å². The number of nitrogens with zero attached hydrogens (tertiary/aromatic N) is 2. The third-order valence-electron chi connectivity index (χ3n) is 8.07. The van der Waals surface area contributed by atoms with Gasteiger partial charge in [0.15, 0.2) is 0 Å². The quantitative estimate of drug-likeness (QED) is 0.217. The van der Waals surface area contributed by atoms with Gasteiger partial charge in [-0.3, -0.25) is 4.79 Å². The molecule has 3 atom stereocenters. The maximum absolute atomic E-state index is 14.1. The molecule has 3 aromatic rings. The topological polar surface area (TPSA) is 122 Å². The van der Waals surface area contributed by atoms with Crippen LogP contribution in [0.1, 0.15) is 64.6 Å². The summed E-state index contributed by atoms with van der Waals surface area (Å²) in [4.78, 5) is 12.6. The van der Waals surface area contributed by atoms with Gasteiger partial charge in [0.05, 0.1) is 24.1 Å². The minimum Gasteiger partial charge on any atom is -0.494 e. The summed E-state index contributed by atoms with van der Waals surface area (Å²) < 4.78 is 35.5. The molecular formula is C30H35FN4O4S. The maximum atomic E-state index is 14.1. The van der Waals surface area contributed by atoms with Crippen LogP contribution in [0.3, 0.4) is 0 Å². The van der Waals surface area contributed by atoms with Crippen molar-refractivity contribution in [1.29, 1.82) is 0 Å². The smallest absolute Gasteiger partial charge is 0.304 e. The molecule has 40 heavy (non-hydrogen) atoms. The number of benzene rings is 3. The zero-order valence-electron chi connectivity index (χ0n) is 22.9. The number of methoxy groups -OCH3 is 1. The van der Waals surface area contributed by atoms with Crippen LogP contribution in [-0.2, 0) is 28.6 Å². The number of aliphatic carboxylic acids is 1. The largest absolute Gasteiger partial charge is 0.494 e.